The monoisotopic (exact) mass is 414 g/mol. The second kappa shape index (κ2) is 5.40. The van der Waals surface area contributed by atoms with Gasteiger partial charge in [-0.25, -0.2) is 4.39 Å². The smallest absolute Gasteiger partial charge is 0.245 e. The van der Waals surface area contributed by atoms with Crippen molar-refractivity contribution in [1.82, 2.24) is 0 Å². The Hall–Kier alpha value is -1.44. The third-order valence-electron chi connectivity index (χ3n) is 3.04. The first-order chi connectivity index (χ1) is 9.94. The highest BCUT2D eigenvalue weighted by Gasteiger charge is 2.28. The number of nitrogens with two attached hydrogens (primary N) is 1. The topological polar surface area (TPSA) is 64.4 Å². The fourth-order valence-corrected chi connectivity index (χ4v) is 2.97. The van der Waals surface area contributed by atoms with Gasteiger partial charge in [-0.1, -0.05) is 15.9 Å². The molecule has 1 atom stereocenters. The Morgan fingerprint density at radius 3 is 2.67 bits per heavy atom. The lowest BCUT2D eigenvalue weighted by Gasteiger charge is -2.11. The molecule has 0 fully saturated rings. The fourth-order valence-electron chi connectivity index (χ4n) is 2.08. The summed E-state index contributed by atoms with van der Waals surface area (Å²) < 4.78 is 20.2. The van der Waals surface area contributed by atoms with Crippen LogP contribution in [0.2, 0.25) is 0 Å². The lowest BCUT2D eigenvalue weighted by Crippen LogP contribution is -2.19. The number of rotatable bonds is 2. The molecule has 7 heteroatoms. The van der Waals surface area contributed by atoms with Crippen molar-refractivity contribution in [3.63, 3.8) is 0 Å². The minimum atomic E-state index is -0.686. The number of ether oxygens (including phenoxy) is 1. The Bertz CT molecular complexity index is 732. The predicted octanol–water partition coefficient (Wildman–Crippen LogP) is 4.09. The molecule has 0 bridgehead atoms. The van der Waals surface area contributed by atoms with Gasteiger partial charge in [0.25, 0.3) is 0 Å². The Labute approximate surface area is 136 Å². The summed E-state index contributed by atoms with van der Waals surface area (Å²) in [5.74, 6) is 0.131. The van der Waals surface area contributed by atoms with Gasteiger partial charge in [0.05, 0.1) is 4.47 Å². The van der Waals surface area contributed by atoms with Crippen molar-refractivity contribution in [3.8, 4) is 11.5 Å². The van der Waals surface area contributed by atoms with E-state index in [9.17, 15) is 9.18 Å². The molecule has 0 saturated carbocycles. The van der Waals surface area contributed by atoms with E-state index in [0.29, 0.717) is 31.7 Å². The molecular weight excluding hydrogens is 407 g/mol. The average Bonchev–Trinajstić information content (AvgIpc) is 2.65. The second-order valence-corrected chi connectivity index (χ2v) is 6.31. The molecule has 108 valence electrons. The van der Waals surface area contributed by atoms with Crippen molar-refractivity contribution in [2.45, 2.75) is 6.04 Å². The number of halogens is 3. The molecular formula is C14H9Br2FN2O2. The summed E-state index contributed by atoms with van der Waals surface area (Å²) in [4.78, 5) is 11.6. The van der Waals surface area contributed by atoms with Crippen LogP contribution in [0, 0.1) is 5.82 Å². The van der Waals surface area contributed by atoms with Gasteiger partial charge >= 0.3 is 0 Å². The van der Waals surface area contributed by atoms with Crippen LogP contribution in [-0.4, -0.2) is 5.91 Å². The van der Waals surface area contributed by atoms with E-state index >= 15 is 0 Å². The predicted molar refractivity (Wildman–Crippen MR) is 83.9 cm³/mol. The van der Waals surface area contributed by atoms with Gasteiger partial charge in [0, 0.05) is 27.9 Å². The zero-order chi connectivity index (χ0) is 15.1. The summed E-state index contributed by atoms with van der Waals surface area (Å²) in [5.41, 5.74) is 7.06. The lowest BCUT2D eigenvalue weighted by atomic mass is 10.1. The van der Waals surface area contributed by atoms with E-state index < -0.39 is 11.9 Å². The van der Waals surface area contributed by atoms with Crippen molar-refractivity contribution >= 4 is 43.5 Å². The summed E-state index contributed by atoms with van der Waals surface area (Å²) >= 11 is 6.57. The van der Waals surface area contributed by atoms with Crippen LogP contribution < -0.4 is 15.8 Å². The van der Waals surface area contributed by atoms with Gasteiger partial charge in [-0.2, -0.15) is 0 Å². The van der Waals surface area contributed by atoms with E-state index in [1.54, 1.807) is 18.2 Å². The van der Waals surface area contributed by atoms with Crippen molar-refractivity contribution in [3.05, 3.63) is 50.7 Å². The molecule has 2 aromatic rings. The number of hydrogen-bond donors (Lipinski definition) is 2. The van der Waals surface area contributed by atoms with Crippen molar-refractivity contribution < 1.29 is 13.9 Å². The molecule has 3 N–H and O–H groups in total. The zero-order valence-electron chi connectivity index (χ0n) is 10.5. The summed E-state index contributed by atoms with van der Waals surface area (Å²) in [5, 5.41) is 2.68. The standard InChI is InChI=1S/C14H9Br2FN2O2/c15-6-1-7(17)3-8(2-6)21-12-5-11-9(4-10(12)16)13(18)14(20)19-11/h1-5,13H,18H2,(H,19,20). The summed E-state index contributed by atoms with van der Waals surface area (Å²) in [6.07, 6.45) is 0. The van der Waals surface area contributed by atoms with Crippen molar-refractivity contribution in [1.29, 1.82) is 0 Å². The van der Waals surface area contributed by atoms with E-state index in [-0.39, 0.29) is 5.91 Å². The number of carbonyl (C=O) groups excluding carboxylic acids is 1. The third-order valence-corrected chi connectivity index (χ3v) is 4.12. The van der Waals surface area contributed by atoms with Crippen LogP contribution in [0.15, 0.2) is 39.3 Å². The molecule has 2 aromatic carbocycles. The Morgan fingerprint density at radius 2 is 1.95 bits per heavy atom. The van der Waals surface area contributed by atoms with Crippen LogP contribution in [0.1, 0.15) is 11.6 Å². The maximum Gasteiger partial charge on any atom is 0.245 e. The van der Waals surface area contributed by atoms with Crippen LogP contribution >= 0.6 is 31.9 Å². The molecule has 0 radical (unpaired) electrons. The first-order valence-electron chi connectivity index (χ1n) is 5.98. The molecule has 21 heavy (non-hydrogen) atoms. The zero-order valence-corrected chi connectivity index (χ0v) is 13.7. The normalized spacial score (nSPS) is 16.6. The Morgan fingerprint density at radius 1 is 1.19 bits per heavy atom. The quantitative estimate of drug-likeness (QED) is 0.776. The maximum atomic E-state index is 13.4. The molecule has 1 amide bonds. The number of amides is 1. The highest BCUT2D eigenvalue weighted by molar-refractivity contribution is 9.10. The van der Waals surface area contributed by atoms with Crippen LogP contribution in [0.5, 0.6) is 11.5 Å². The summed E-state index contributed by atoms with van der Waals surface area (Å²) in [6.45, 7) is 0. The molecule has 0 aliphatic carbocycles. The molecule has 1 aliphatic heterocycles. The minimum Gasteiger partial charge on any atom is -0.456 e. The number of carbonyl (C=O) groups is 1. The van der Waals surface area contributed by atoms with Gasteiger partial charge in [-0.3, -0.25) is 4.79 Å². The summed E-state index contributed by atoms with van der Waals surface area (Å²) in [6, 6.07) is 6.95. The van der Waals surface area contributed by atoms with Crippen LogP contribution in [0.4, 0.5) is 10.1 Å². The van der Waals surface area contributed by atoms with Gasteiger partial charge in [0.2, 0.25) is 5.91 Å². The van der Waals surface area contributed by atoms with Crippen molar-refractivity contribution in [2.75, 3.05) is 5.32 Å². The van der Waals surface area contributed by atoms with E-state index in [4.69, 9.17) is 10.5 Å². The number of fused-ring (bicyclic) bond motifs is 1. The second-order valence-electron chi connectivity index (χ2n) is 4.54. The number of nitrogens with one attached hydrogen (secondary N) is 1. The fraction of sp³-hybridized carbons (Fsp3) is 0.0714. The summed E-state index contributed by atoms with van der Waals surface area (Å²) in [7, 11) is 0. The highest BCUT2D eigenvalue weighted by atomic mass is 79.9. The number of hydrogen-bond acceptors (Lipinski definition) is 3. The molecule has 4 nitrogen and oxygen atoms in total. The average molecular weight is 416 g/mol. The largest absolute Gasteiger partial charge is 0.456 e. The molecule has 1 heterocycles. The van der Waals surface area contributed by atoms with E-state index in [0.717, 1.165) is 0 Å². The van der Waals surface area contributed by atoms with Crippen LogP contribution in [-0.2, 0) is 4.79 Å². The first kappa shape index (κ1) is 14.5. The lowest BCUT2D eigenvalue weighted by molar-refractivity contribution is -0.116. The van der Waals surface area contributed by atoms with E-state index in [1.807, 2.05) is 0 Å². The number of benzene rings is 2. The van der Waals surface area contributed by atoms with E-state index in [2.05, 4.69) is 37.2 Å². The Balaban J connectivity index is 1.97. The third kappa shape index (κ3) is 2.81. The van der Waals surface area contributed by atoms with Crippen LogP contribution in [0.3, 0.4) is 0 Å². The SMILES string of the molecule is NC1C(=O)Nc2cc(Oc3cc(F)cc(Br)c3)c(Br)cc21. The maximum absolute atomic E-state index is 13.4. The van der Waals surface area contributed by atoms with E-state index in [1.165, 1.54) is 12.1 Å². The van der Waals surface area contributed by atoms with Gasteiger partial charge in [-0.05, 0) is 34.1 Å². The van der Waals surface area contributed by atoms with Gasteiger partial charge in [-0.15, -0.1) is 0 Å². The van der Waals surface area contributed by atoms with Crippen molar-refractivity contribution in [2.24, 2.45) is 5.73 Å². The highest BCUT2D eigenvalue weighted by Crippen LogP contribution is 2.39. The van der Waals surface area contributed by atoms with Gasteiger partial charge < -0.3 is 15.8 Å². The first-order valence-corrected chi connectivity index (χ1v) is 7.56. The molecule has 0 spiro atoms. The van der Waals surface area contributed by atoms with Gasteiger partial charge in [0.1, 0.15) is 23.4 Å². The molecule has 3 rings (SSSR count). The van der Waals surface area contributed by atoms with Crippen LogP contribution in [0.25, 0.3) is 0 Å². The molecule has 1 unspecified atom stereocenters. The Kier molecular flexibility index (Phi) is 3.73. The molecule has 0 aromatic heterocycles. The molecule has 0 saturated heterocycles. The minimum absolute atomic E-state index is 0.262. The number of anilines is 1. The molecule has 1 aliphatic rings. The van der Waals surface area contributed by atoms with Gasteiger partial charge in [0.15, 0.2) is 0 Å².